The summed E-state index contributed by atoms with van der Waals surface area (Å²) in [5.41, 5.74) is 0. The van der Waals surface area contributed by atoms with E-state index in [2.05, 4.69) is 35.7 Å². The predicted octanol–water partition coefficient (Wildman–Crippen LogP) is 2.15. The SMILES string of the molecule is CC1CCC(C(C)C)C(NS(=O)(=O)c2ccn[nH]2)C1. The number of hydrogen-bond donors (Lipinski definition) is 2. The molecule has 1 aromatic rings. The smallest absolute Gasteiger partial charge is 0.257 e. The molecular formula is C13H23N3O2S. The minimum atomic E-state index is -3.47. The zero-order valence-corrected chi connectivity index (χ0v) is 12.6. The average Bonchev–Trinajstić information content (AvgIpc) is 2.81. The first-order valence-corrected chi connectivity index (χ1v) is 8.40. The van der Waals surface area contributed by atoms with Gasteiger partial charge in [-0.25, -0.2) is 13.1 Å². The summed E-state index contributed by atoms with van der Waals surface area (Å²) in [6.45, 7) is 6.52. The van der Waals surface area contributed by atoms with Crippen molar-refractivity contribution in [1.82, 2.24) is 14.9 Å². The quantitative estimate of drug-likeness (QED) is 0.890. The molecule has 6 heteroatoms. The Bertz CT molecular complexity index is 496. The fourth-order valence-corrected chi connectivity index (χ4v) is 4.20. The topological polar surface area (TPSA) is 74.8 Å². The van der Waals surface area contributed by atoms with Crippen molar-refractivity contribution in [3.63, 3.8) is 0 Å². The van der Waals surface area contributed by atoms with Crippen LogP contribution in [0.3, 0.4) is 0 Å². The van der Waals surface area contributed by atoms with Crippen molar-refractivity contribution in [2.75, 3.05) is 0 Å². The molecule has 0 radical (unpaired) electrons. The predicted molar refractivity (Wildman–Crippen MR) is 74.0 cm³/mol. The number of aromatic nitrogens is 2. The minimum absolute atomic E-state index is 0.0250. The van der Waals surface area contributed by atoms with Gasteiger partial charge in [0, 0.05) is 6.04 Å². The van der Waals surface area contributed by atoms with Gasteiger partial charge in [-0.15, -0.1) is 0 Å². The molecule has 2 rings (SSSR count). The average molecular weight is 285 g/mol. The van der Waals surface area contributed by atoms with E-state index in [0.717, 1.165) is 12.8 Å². The second-order valence-electron chi connectivity index (χ2n) is 5.97. The molecule has 0 amide bonds. The van der Waals surface area contributed by atoms with Gasteiger partial charge in [-0.05, 0) is 36.7 Å². The van der Waals surface area contributed by atoms with E-state index in [1.54, 1.807) is 0 Å². The maximum absolute atomic E-state index is 12.3. The van der Waals surface area contributed by atoms with Gasteiger partial charge in [-0.3, -0.25) is 5.10 Å². The van der Waals surface area contributed by atoms with Gasteiger partial charge in [0.05, 0.1) is 6.20 Å². The third-order valence-corrected chi connectivity index (χ3v) is 5.51. The number of sulfonamides is 1. The van der Waals surface area contributed by atoms with Crippen molar-refractivity contribution < 1.29 is 8.42 Å². The highest BCUT2D eigenvalue weighted by Gasteiger charge is 2.34. The molecule has 0 aliphatic heterocycles. The Morgan fingerprint density at radius 2 is 2.16 bits per heavy atom. The van der Waals surface area contributed by atoms with Gasteiger partial charge in [-0.2, -0.15) is 5.10 Å². The molecule has 0 spiro atoms. The molecule has 1 aliphatic rings. The summed E-state index contributed by atoms with van der Waals surface area (Å²) in [6.07, 6.45) is 4.65. The van der Waals surface area contributed by atoms with Crippen molar-refractivity contribution in [2.45, 2.75) is 51.1 Å². The van der Waals surface area contributed by atoms with Crippen LogP contribution in [0.1, 0.15) is 40.0 Å². The first kappa shape index (κ1) is 14.5. The number of H-pyrrole nitrogens is 1. The zero-order chi connectivity index (χ0) is 14.0. The van der Waals surface area contributed by atoms with Gasteiger partial charge in [0.2, 0.25) is 0 Å². The molecule has 0 saturated heterocycles. The van der Waals surface area contributed by atoms with Gasteiger partial charge < -0.3 is 0 Å². The summed E-state index contributed by atoms with van der Waals surface area (Å²) in [4.78, 5) is 0. The number of nitrogens with zero attached hydrogens (tertiary/aromatic N) is 1. The second-order valence-corrected chi connectivity index (χ2v) is 7.66. The van der Waals surface area contributed by atoms with Crippen molar-refractivity contribution in [1.29, 1.82) is 0 Å². The van der Waals surface area contributed by atoms with Crippen molar-refractivity contribution in [3.8, 4) is 0 Å². The normalized spacial score (nSPS) is 28.7. The van der Waals surface area contributed by atoms with Crippen molar-refractivity contribution >= 4 is 10.0 Å². The van der Waals surface area contributed by atoms with E-state index in [9.17, 15) is 8.42 Å². The van der Waals surface area contributed by atoms with Crippen LogP contribution in [0.4, 0.5) is 0 Å². The number of nitrogens with one attached hydrogen (secondary N) is 2. The first-order chi connectivity index (χ1) is 8.90. The first-order valence-electron chi connectivity index (χ1n) is 6.92. The van der Waals surface area contributed by atoms with Crippen LogP contribution in [0.2, 0.25) is 0 Å². The fraction of sp³-hybridized carbons (Fsp3) is 0.769. The van der Waals surface area contributed by atoms with E-state index in [0.29, 0.717) is 17.8 Å². The molecular weight excluding hydrogens is 262 g/mol. The van der Waals surface area contributed by atoms with Crippen molar-refractivity contribution in [3.05, 3.63) is 12.3 Å². The molecule has 1 heterocycles. The van der Waals surface area contributed by atoms with Gasteiger partial charge in [-0.1, -0.05) is 27.2 Å². The molecule has 0 bridgehead atoms. The molecule has 3 atom stereocenters. The maximum Gasteiger partial charge on any atom is 0.257 e. The third-order valence-electron chi connectivity index (χ3n) is 4.09. The van der Waals surface area contributed by atoms with Crippen molar-refractivity contribution in [2.24, 2.45) is 17.8 Å². The molecule has 5 nitrogen and oxygen atoms in total. The maximum atomic E-state index is 12.3. The van der Waals surface area contributed by atoms with E-state index in [1.807, 2.05) is 0 Å². The number of aromatic amines is 1. The largest absolute Gasteiger partial charge is 0.266 e. The third kappa shape index (κ3) is 3.36. The van der Waals surface area contributed by atoms with E-state index in [4.69, 9.17) is 0 Å². The van der Waals surface area contributed by atoms with Crippen LogP contribution >= 0.6 is 0 Å². The molecule has 108 valence electrons. The van der Waals surface area contributed by atoms with Crippen LogP contribution in [0.5, 0.6) is 0 Å². The molecule has 1 aromatic heterocycles. The Morgan fingerprint density at radius 3 is 2.74 bits per heavy atom. The summed E-state index contributed by atoms with van der Waals surface area (Å²) in [5, 5.41) is 6.37. The summed E-state index contributed by atoms with van der Waals surface area (Å²) < 4.78 is 27.4. The van der Waals surface area contributed by atoms with Gasteiger partial charge in [0.25, 0.3) is 10.0 Å². The Morgan fingerprint density at radius 1 is 1.42 bits per heavy atom. The van der Waals surface area contributed by atoms with Gasteiger partial charge in [0.15, 0.2) is 5.03 Å². The van der Waals surface area contributed by atoms with Crippen LogP contribution in [0.15, 0.2) is 17.3 Å². The summed E-state index contributed by atoms with van der Waals surface area (Å²) in [6, 6.07) is 1.51. The fourth-order valence-electron chi connectivity index (χ4n) is 2.99. The minimum Gasteiger partial charge on any atom is -0.266 e. The number of rotatable bonds is 4. The summed E-state index contributed by atoms with van der Waals surface area (Å²) in [7, 11) is -3.47. The highest BCUT2D eigenvalue weighted by atomic mass is 32.2. The Hall–Kier alpha value is -0.880. The van der Waals surface area contributed by atoms with Crippen LogP contribution in [0.25, 0.3) is 0 Å². The van der Waals surface area contributed by atoms with Gasteiger partial charge >= 0.3 is 0 Å². The van der Waals surface area contributed by atoms with Crippen LogP contribution in [-0.2, 0) is 10.0 Å². The molecule has 0 aromatic carbocycles. The lowest BCUT2D eigenvalue weighted by Gasteiger charge is -2.37. The highest BCUT2D eigenvalue weighted by molar-refractivity contribution is 7.89. The Labute approximate surface area is 115 Å². The van der Waals surface area contributed by atoms with Crippen LogP contribution in [-0.4, -0.2) is 24.7 Å². The molecule has 1 saturated carbocycles. The molecule has 2 N–H and O–H groups in total. The standard InChI is InChI=1S/C13H23N3O2S/c1-9(2)11-5-4-10(3)8-12(11)16-19(17,18)13-6-7-14-15-13/h6-7,9-12,16H,4-5,8H2,1-3H3,(H,14,15). The van der Waals surface area contributed by atoms with E-state index in [1.165, 1.54) is 18.7 Å². The lowest BCUT2D eigenvalue weighted by atomic mass is 9.74. The Balaban J connectivity index is 2.15. The molecule has 3 unspecified atom stereocenters. The monoisotopic (exact) mass is 285 g/mol. The molecule has 1 fully saturated rings. The van der Waals surface area contributed by atoms with E-state index < -0.39 is 10.0 Å². The Kier molecular flexibility index (Phi) is 4.30. The van der Waals surface area contributed by atoms with Crippen LogP contribution in [0, 0.1) is 17.8 Å². The van der Waals surface area contributed by atoms with Crippen LogP contribution < -0.4 is 4.72 Å². The summed E-state index contributed by atoms with van der Waals surface area (Å²) in [5.74, 6) is 1.47. The zero-order valence-electron chi connectivity index (χ0n) is 11.8. The molecule has 1 aliphatic carbocycles. The number of hydrogen-bond acceptors (Lipinski definition) is 3. The summed E-state index contributed by atoms with van der Waals surface area (Å²) >= 11 is 0. The lowest BCUT2D eigenvalue weighted by molar-refractivity contribution is 0.187. The molecule has 19 heavy (non-hydrogen) atoms. The van der Waals surface area contributed by atoms with E-state index in [-0.39, 0.29) is 11.1 Å². The van der Waals surface area contributed by atoms with E-state index >= 15 is 0 Å². The lowest BCUT2D eigenvalue weighted by Crippen LogP contribution is -2.45. The van der Waals surface area contributed by atoms with Gasteiger partial charge in [0.1, 0.15) is 0 Å². The highest BCUT2D eigenvalue weighted by Crippen LogP contribution is 2.34. The second kappa shape index (κ2) is 5.63.